The SMILES string of the molecule is CCc1cccc2c(C(=O)COC(=O)c3ccn(-c4ccccc4)n3)c[nH]c12. The lowest BCUT2D eigenvalue weighted by molar-refractivity contribution is 0.0469. The van der Waals surface area contributed by atoms with Gasteiger partial charge >= 0.3 is 5.97 Å². The first-order chi connectivity index (χ1) is 13.7. The Hall–Kier alpha value is -3.67. The Morgan fingerprint density at radius 3 is 2.68 bits per heavy atom. The number of aromatic nitrogens is 3. The van der Waals surface area contributed by atoms with Crippen LogP contribution in [0.25, 0.3) is 16.6 Å². The van der Waals surface area contributed by atoms with Gasteiger partial charge in [0.05, 0.1) is 5.69 Å². The first-order valence-electron chi connectivity index (χ1n) is 9.07. The second-order valence-electron chi connectivity index (χ2n) is 6.38. The fraction of sp³-hybridized carbons (Fsp3) is 0.136. The van der Waals surface area contributed by atoms with Crippen LogP contribution < -0.4 is 0 Å². The van der Waals surface area contributed by atoms with Crippen molar-refractivity contribution in [2.75, 3.05) is 6.61 Å². The summed E-state index contributed by atoms with van der Waals surface area (Å²) in [5.41, 5.74) is 3.60. The van der Waals surface area contributed by atoms with Gasteiger partial charge in [-0.1, -0.05) is 43.3 Å². The average molecular weight is 373 g/mol. The van der Waals surface area contributed by atoms with Gasteiger partial charge in [0, 0.05) is 28.9 Å². The fourth-order valence-electron chi connectivity index (χ4n) is 3.18. The van der Waals surface area contributed by atoms with Crippen molar-refractivity contribution in [2.24, 2.45) is 0 Å². The number of H-pyrrole nitrogens is 1. The molecule has 2 heterocycles. The van der Waals surface area contributed by atoms with E-state index in [2.05, 4.69) is 17.0 Å². The van der Waals surface area contributed by atoms with Crippen molar-refractivity contribution < 1.29 is 14.3 Å². The number of para-hydroxylation sites is 2. The maximum atomic E-state index is 12.6. The summed E-state index contributed by atoms with van der Waals surface area (Å²) < 4.78 is 6.78. The highest BCUT2D eigenvalue weighted by Gasteiger charge is 2.17. The van der Waals surface area contributed by atoms with Crippen LogP contribution in [0.2, 0.25) is 0 Å². The number of Topliss-reactive ketones (excluding diaryl/α,β-unsaturated/α-hetero) is 1. The minimum atomic E-state index is -0.628. The van der Waals surface area contributed by atoms with E-state index < -0.39 is 5.97 Å². The fourth-order valence-corrected chi connectivity index (χ4v) is 3.18. The molecule has 0 aliphatic carbocycles. The molecule has 0 saturated heterocycles. The summed E-state index contributed by atoms with van der Waals surface area (Å²) in [6, 6.07) is 16.9. The lowest BCUT2D eigenvalue weighted by atomic mass is 10.1. The van der Waals surface area contributed by atoms with Gasteiger partial charge in [-0.05, 0) is 30.2 Å². The van der Waals surface area contributed by atoms with E-state index >= 15 is 0 Å². The zero-order valence-electron chi connectivity index (χ0n) is 15.4. The molecule has 6 nitrogen and oxygen atoms in total. The lowest BCUT2D eigenvalue weighted by Gasteiger charge is -2.03. The maximum Gasteiger partial charge on any atom is 0.359 e. The van der Waals surface area contributed by atoms with Gasteiger partial charge in [-0.15, -0.1) is 0 Å². The van der Waals surface area contributed by atoms with Crippen LogP contribution >= 0.6 is 0 Å². The van der Waals surface area contributed by atoms with Gasteiger partial charge < -0.3 is 9.72 Å². The molecule has 0 saturated carbocycles. The molecular formula is C22H19N3O3. The molecule has 0 radical (unpaired) electrons. The van der Waals surface area contributed by atoms with Gasteiger partial charge in [-0.3, -0.25) is 4.79 Å². The molecule has 0 fully saturated rings. The molecule has 0 spiro atoms. The van der Waals surface area contributed by atoms with Crippen molar-refractivity contribution in [2.45, 2.75) is 13.3 Å². The average Bonchev–Trinajstić information content (AvgIpc) is 3.39. The number of nitrogens with zero attached hydrogens (tertiary/aromatic N) is 2. The van der Waals surface area contributed by atoms with E-state index in [4.69, 9.17) is 4.74 Å². The van der Waals surface area contributed by atoms with Crippen molar-refractivity contribution in [1.82, 2.24) is 14.8 Å². The topological polar surface area (TPSA) is 77.0 Å². The molecule has 140 valence electrons. The summed E-state index contributed by atoms with van der Waals surface area (Å²) in [4.78, 5) is 28.0. The van der Waals surface area contributed by atoms with E-state index in [1.807, 2.05) is 48.5 Å². The number of benzene rings is 2. The molecule has 28 heavy (non-hydrogen) atoms. The van der Waals surface area contributed by atoms with E-state index in [0.717, 1.165) is 28.6 Å². The Kier molecular flexibility index (Phi) is 4.76. The Morgan fingerprint density at radius 2 is 1.89 bits per heavy atom. The zero-order valence-corrected chi connectivity index (χ0v) is 15.4. The van der Waals surface area contributed by atoms with Gasteiger partial charge in [0.15, 0.2) is 12.3 Å². The molecule has 0 atom stereocenters. The van der Waals surface area contributed by atoms with Crippen LogP contribution in [0, 0.1) is 0 Å². The van der Waals surface area contributed by atoms with Crippen molar-refractivity contribution >= 4 is 22.7 Å². The minimum Gasteiger partial charge on any atom is -0.453 e. The van der Waals surface area contributed by atoms with Crippen LogP contribution in [-0.2, 0) is 11.2 Å². The van der Waals surface area contributed by atoms with Gasteiger partial charge in [0.25, 0.3) is 0 Å². The molecule has 1 N–H and O–H groups in total. The van der Waals surface area contributed by atoms with Crippen LogP contribution in [-0.4, -0.2) is 33.1 Å². The van der Waals surface area contributed by atoms with Crippen molar-refractivity contribution in [1.29, 1.82) is 0 Å². The van der Waals surface area contributed by atoms with Gasteiger partial charge in [-0.25, -0.2) is 9.48 Å². The molecule has 2 aromatic heterocycles. The first kappa shape index (κ1) is 17.7. The third kappa shape index (κ3) is 3.32. The van der Waals surface area contributed by atoms with E-state index in [-0.39, 0.29) is 18.1 Å². The summed E-state index contributed by atoms with van der Waals surface area (Å²) in [6.07, 6.45) is 4.22. The number of hydrogen-bond acceptors (Lipinski definition) is 4. The predicted molar refractivity (Wildman–Crippen MR) is 106 cm³/mol. The van der Waals surface area contributed by atoms with Crippen LogP contribution in [0.4, 0.5) is 0 Å². The number of aryl methyl sites for hydroxylation is 1. The highest BCUT2D eigenvalue weighted by atomic mass is 16.5. The largest absolute Gasteiger partial charge is 0.453 e. The van der Waals surface area contributed by atoms with Crippen molar-refractivity contribution in [3.63, 3.8) is 0 Å². The lowest BCUT2D eigenvalue weighted by Crippen LogP contribution is -2.14. The summed E-state index contributed by atoms with van der Waals surface area (Å²) in [6.45, 7) is 1.73. The molecular weight excluding hydrogens is 354 g/mol. The number of carbonyl (C=O) groups is 2. The van der Waals surface area contributed by atoms with Crippen LogP contribution in [0.3, 0.4) is 0 Å². The molecule has 2 aromatic carbocycles. The Morgan fingerprint density at radius 1 is 1.07 bits per heavy atom. The number of fused-ring (bicyclic) bond motifs is 1. The number of hydrogen-bond donors (Lipinski definition) is 1. The number of carbonyl (C=O) groups excluding carboxylic acids is 2. The van der Waals surface area contributed by atoms with Gasteiger partial charge in [-0.2, -0.15) is 5.10 Å². The van der Waals surface area contributed by atoms with E-state index in [9.17, 15) is 9.59 Å². The van der Waals surface area contributed by atoms with E-state index in [1.165, 1.54) is 0 Å². The van der Waals surface area contributed by atoms with E-state index in [1.54, 1.807) is 23.1 Å². The third-order valence-electron chi connectivity index (χ3n) is 4.64. The molecule has 4 rings (SSSR count). The molecule has 0 unspecified atom stereocenters. The minimum absolute atomic E-state index is 0.156. The normalized spacial score (nSPS) is 10.9. The zero-order chi connectivity index (χ0) is 19.5. The van der Waals surface area contributed by atoms with Crippen LogP contribution in [0.5, 0.6) is 0 Å². The Balaban J connectivity index is 1.46. The first-order valence-corrected chi connectivity index (χ1v) is 9.07. The number of esters is 1. The smallest absolute Gasteiger partial charge is 0.359 e. The molecule has 0 aliphatic rings. The predicted octanol–water partition coefficient (Wildman–Crippen LogP) is 3.96. The number of ether oxygens (including phenoxy) is 1. The molecule has 0 bridgehead atoms. The second kappa shape index (κ2) is 7.52. The highest BCUT2D eigenvalue weighted by Crippen LogP contribution is 2.22. The number of rotatable bonds is 6. The molecule has 0 amide bonds. The summed E-state index contributed by atoms with van der Waals surface area (Å²) in [7, 11) is 0. The Bertz CT molecular complexity index is 1140. The monoisotopic (exact) mass is 373 g/mol. The molecule has 4 aromatic rings. The van der Waals surface area contributed by atoms with Crippen molar-refractivity contribution in [3.8, 4) is 5.69 Å². The van der Waals surface area contributed by atoms with Gasteiger partial charge in [0.2, 0.25) is 5.78 Å². The number of nitrogens with one attached hydrogen (secondary N) is 1. The third-order valence-corrected chi connectivity index (χ3v) is 4.64. The molecule has 6 heteroatoms. The molecule has 0 aliphatic heterocycles. The summed E-state index contributed by atoms with van der Waals surface area (Å²) >= 11 is 0. The van der Waals surface area contributed by atoms with Crippen LogP contribution in [0.1, 0.15) is 33.3 Å². The number of aromatic amines is 1. The second-order valence-corrected chi connectivity index (χ2v) is 6.38. The van der Waals surface area contributed by atoms with Crippen molar-refractivity contribution in [3.05, 3.63) is 83.8 Å². The number of ketones is 1. The summed E-state index contributed by atoms with van der Waals surface area (Å²) in [5, 5.41) is 5.06. The van der Waals surface area contributed by atoms with Crippen LogP contribution in [0.15, 0.2) is 67.0 Å². The maximum absolute atomic E-state index is 12.6. The van der Waals surface area contributed by atoms with E-state index in [0.29, 0.717) is 5.56 Å². The standard InChI is InChI=1S/C22H19N3O3/c1-2-15-7-6-10-17-18(13-23-21(15)17)20(26)14-28-22(27)19-11-12-25(24-19)16-8-4-3-5-9-16/h3-13,23H,2,14H2,1H3. The highest BCUT2D eigenvalue weighted by molar-refractivity contribution is 6.09. The Labute approximate surface area is 161 Å². The quantitative estimate of drug-likeness (QED) is 0.410. The van der Waals surface area contributed by atoms with Gasteiger partial charge in [0.1, 0.15) is 0 Å². The summed E-state index contributed by atoms with van der Waals surface area (Å²) in [5.74, 6) is -0.882.